The second kappa shape index (κ2) is 5.10. The summed E-state index contributed by atoms with van der Waals surface area (Å²) < 4.78 is 0. The summed E-state index contributed by atoms with van der Waals surface area (Å²) in [6.07, 6.45) is 0.367. The van der Waals surface area contributed by atoms with Gasteiger partial charge >= 0.3 is 0 Å². The van der Waals surface area contributed by atoms with Crippen molar-refractivity contribution in [2.45, 2.75) is 32.0 Å². The molecule has 17 heavy (non-hydrogen) atoms. The number of benzene rings is 1. The summed E-state index contributed by atoms with van der Waals surface area (Å²) >= 11 is 1.56. The van der Waals surface area contributed by atoms with E-state index >= 15 is 0 Å². The number of aliphatic hydroxyl groups excluding tert-OH is 1. The first-order chi connectivity index (χ1) is 8.07. The van der Waals surface area contributed by atoms with E-state index in [4.69, 9.17) is 4.84 Å². The molecule has 2 rings (SSSR count). The Hall–Kier alpha value is -1.00. The van der Waals surface area contributed by atoms with E-state index in [1.165, 1.54) is 0 Å². The molecular weight excluding hydrogens is 234 g/mol. The van der Waals surface area contributed by atoms with Gasteiger partial charge in [-0.25, -0.2) is 0 Å². The van der Waals surface area contributed by atoms with Gasteiger partial charge in [-0.3, -0.25) is 0 Å². The number of aliphatic hydroxyl groups is 1. The molecule has 1 aliphatic heterocycles. The van der Waals surface area contributed by atoms with Gasteiger partial charge in [-0.1, -0.05) is 35.5 Å². The first kappa shape index (κ1) is 12.5. The third-order valence-electron chi connectivity index (χ3n) is 2.56. The molecule has 0 saturated heterocycles. The number of rotatable bonds is 3. The van der Waals surface area contributed by atoms with Crippen LogP contribution in [0.5, 0.6) is 0 Å². The smallest absolute Gasteiger partial charge is 0.138 e. The highest BCUT2D eigenvalue weighted by molar-refractivity contribution is 8.13. The summed E-state index contributed by atoms with van der Waals surface area (Å²) in [6, 6.07) is 9.68. The van der Waals surface area contributed by atoms with Gasteiger partial charge in [0, 0.05) is 12.2 Å². The Kier molecular flexibility index (Phi) is 3.74. The van der Waals surface area contributed by atoms with Gasteiger partial charge in [-0.2, -0.15) is 0 Å². The highest BCUT2D eigenvalue weighted by atomic mass is 32.2. The van der Waals surface area contributed by atoms with Gasteiger partial charge in [0.05, 0.1) is 6.10 Å². The summed E-state index contributed by atoms with van der Waals surface area (Å²) in [4.78, 5) is 5.28. The molecule has 0 aromatic heterocycles. The van der Waals surface area contributed by atoms with Gasteiger partial charge in [-0.05, 0) is 19.4 Å². The zero-order chi connectivity index (χ0) is 12.3. The minimum atomic E-state index is -0.451. The van der Waals surface area contributed by atoms with Crippen LogP contribution in [0, 0.1) is 0 Å². The maximum atomic E-state index is 9.99. The summed E-state index contributed by atoms with van der Waals surface area (Å²) in [5.74, 6) is 0.613. The van der Waals surface area contributed by atoms with Crippen LogP contribution in [0.25, 0.3) is 0 Å². The Bertz CT molecular complexity index is 403. The van der Waals surface area contributed by atoms with Gasteiger partial charge in [-0.15, -0.1) is 11.8 Å². The fraction of sp³-hybridized carbons (Fsp3) is 0.462. The van der Waals surface area contributed by atoms with Crippen molar-refractivity contribution in [2.75, 3.05) is 5.75 Å². The standard InChI is InChI=1S/C13H17NO2S/c1-13(2)8-12(14-16-13)17-9-11(15)10-6-4-3-5-7-10/h3-7,11,15H,8-9H2,1-2H3. The van der Waals surface area contributed by atoms with Crippen LogP contribution >= 0.6 is 11.8 Å². The van der Waals surface area contributed by atoms with Crippen molar-refractivity contribution in [3.05, 3.63) is 35.9 Å². The molecular formula is C13H17NO2S. The van der Waals surface area contributed by atoms with E-state index in [0.29, 0.717) is 5.75 Å². The molecule has 0 spiro atoms. The molecule has 0 aliphatic carbocycles. The number of hydrogen-bond donors (Lipinski definition) is 1. The Morgan fingerprint density at radius 1 is 1.41 bits per heavy atom. The van der Waals surface area contributed by atoms with Crippen LogP contribution in [-0.4, -0.2) is 21.5 Å². The third-order valence-corrected chi connectivity index (χ3v) is 3.60. The predicted octanol–water partition coefficient (Wildman–Crippen LogP) is 2.97. The molecule has 1 aromatic carbocycles. The molecule has 4 heteroatoms. The van der Waals surface area contributed by atoms with E-state index in [-0.39, 0.29) is 5.60 Å². The average molecular weight is 251 g/mol. The molecule has 0 bridgehead atoms. The molecule has 0 fully saturated rings. The van der Waals surface area contributed by atoms with Crippen LogP contribution in [0.2, 0.25) is 0 Å². The van der Waals surface area contributed by atoms with Crippen molar-refractivity contribution in [1.82, 2.24) is 0 Å². The highest BCUT2D eigenvalue weighted by Crippen LogP contribution is 2.29. The third kappa shape index (κ3) is 3.48. The molecule has 1 atom stereocenters. The van der Waals surface area contributed by atoms with Crippen LogP contribution in [0.4, 0.5) is 0 Å². The first-order valence-corrected chi connectivity index (χ1v) is 6.66. The Morgan fingerprint density at radius 3 is 2.71 bits per heavy atom. The van der Waals surface area contributed by atoms with Crippen molar-refractivity contribution >= 4 is 16.8 Å². The summed E-state index contributed by atoms with van der Waals surface area (Å²) in [5.41, 5.74) is 0.749. The molecule has 3 nitrogen and oxygen atoms in total. The SMILES string of the molecule is CC1(C)CC(SCC(O)c2ccccc2)=NO1. The van der Waals surface area contributed by atoms with Gasteiger partial charge < -0.3 is 9.94 Å². The number of hydrogen-bond acceptors (Lipinski definition) is 4. The van der Waals surface area contributed by atoms with Crippen molar-refractivity contribution in [2.24, 2.45) is 5.16 Å². The lowest BCUT2D eigenvalue weighted by Gasteiger charge is -2.13. The van der Waals surface area contributed by atoms with E-state index in [1.807, 2.05) is 44.2 Å². The number of oxime groups is 1. The van der Waals surface area contributed by atoms with Crippen molar-refractivity contribution in [3.63, 3.8) is 0 Å². The van der Waals surface area contributed by atoms with Crippen molar-refractivity contribution in [1.29, 1.82) is 0 Å². The summed E-state index contributed by atoms with van der Waals surface area (Å²) in [7, 11) is 0. The molecule has 0 amide bonds. The van der Waals surface area contributed by atoms with E-state index in [9.17, 15) is 5.11 Å². The molecule has 1 N–H and O–H groups in total. The summed E-state index contributed by atoms with van der Waals surface area (Å²) in [5, 5.41) is 15.0. The van der Waals surface area contributed by atoms with Crippen LogP contribution in [0.15, 0.2) is 35.5 Å². The van der Waals surface area contributed by atoms with Crippen LogP contribution in [-0.2, 0) is 4.84 Å². The maximum Gasteiger partial charge on any atom is 0.138 e. The topological polar surface area (TPSA) is 41.8 Å². The molecule has 0 radical (unpaired) electrons. The normalized spacial score (nSPS) is 19.6. The quantitative estimate of drug-likeness (QED) is 0.898. The van der Waals surface area contributed by atoms with E-state index < -0.39 is 6.10 Å². The van der Waals surface area contributed by atoms with Gasteiger partial charge in [0.15, 0.2) is 0 Å². The van der Waals surface area contributed by atoms with Crippen molar-refractivity contribution < 1.29 is 9.94 Å². The molecule has 0 saturated carbocycles. The van der Waals surface area contributed by atoms with E-state index in [0.717, 1.165) is 17.0 Å². The zero-order valence-corrected chi connectivity index (χ0v) is 10.9. The Labute approximate surface area is 106 Å². The lowest BCUT2D eigenvalue weighted by atomic mass is 10.1. The largest absolute Gasteiger partial charge is 0.389 e. The fourth-order valence-corrected chi connectivity index (χ4v) is 2.71. The second-order valence-corrected chi connectivity index (χ2v) is 5.84. The zero-order valence-electron chi connectivity index (χ0n) is 10.1. The molecule has 1 heterocycles. The lowest BCUT2D eigenvalue weighted by molar-refractivity contribution is 0.0123. The van der Waals surface area contributed by atoms with Crippen LogP contribution in [0.1, 0.15) is 31.9 Å². The number of nitrogens with zero attached hydrogens (tertiary/aromatic N) is 1. The Balaban J connectivity index is 1.84. The monoisotopic (exact) mass is 251 g/mol. The average Bonchev–Trinajstić information content (AvgIpc) is 2.67. The minimum absolute atomic E-state index is 0.194. The lowest BCUT2D eigenvalue weighted by Crippen LogP contribution is -2.18. The predicted molar refractivity (Wildman–Crippen MR) is 71.1 cm³/mol. The summed E-state index contributed by atoms with van der Waals surface area (Å²) in [6.45, 7) is 4.02. The molecule has 1 unspecified atom stereocenters. The molecule has 92 valence electrons. The molecule has 1 aliphatic rings. The maximum absolute atomic E-state index is 9.99. The number of thioether (sulfide) groups is 1. The molecule has 1 aromatic rings. The van der Waals surface area contributed by atoms with E-state index in [2.05, 4.69) is 5.16 Å². The second-order valence-electron chi connectivity index (χ2n) is 4.75. The fourth-order valence-electron chi connectivity index (χ4n) is 1.63. The highest BCUT2D eigenvalue weighted by Gasteiger charge is 2.29. The van der Waals surface area contributed by atoms with Gasteiger partial charge in [0.25, 0.3) is 0 Å². The van der Waals surface area contributed by atoms with Crippen LogP contribution < -0.4 is 0 Å². The van der Waals surface area contributed by atoms with Crippen molar-refractivity contribution in [3.8, 4) is 0 Å². The Morgan fingerprint density at radius 2 is 2.12 bits per heavy atom. The van der Waals surface area contributed by atoms with Crippen LogP contribution in [0.3, 0.4) is 0 Å². The van der Waals surface area contributed by atoms with Gasteiger partial charge in [0.2, 0.25) is 0 Å². The first-order valence-electron chi connectivity index (χ1n) is 5.68. The van der Waals surface area contributed by atoms with Gasteiger partial charge in [0.1, 0.15) is 10.6 Å². The minimum Gasteiger partial charge on any atom is -0.389 e. The van der Waals surface area contributed by atoms with E-state index in [1.54, 1.807) is 11.8 Å².